The number of unbranched alkanes of at least 4 members (excludes halogenated alkanes) is 12. The quantitative estimate of drug-likeness (QED) is 0.319. The van der Waals surface area contributed by atoms with Crippen LogP contribution in [0, 0.1) is 0 Å². The van der Waals surface area contributed by atoms with Crippen LogP contribution in [0.1, 0.15) is 96.8 Å². The van der Waals surface area contributed by atoms with Gasteiger partial charge in [-0.25, -0.2) is 0 Å². The SMILES string of the molecule is CC(=O)CCCCCCCCCCCCCCC=CC(N)=O. The van der Waals surface area contributed by atoms with Crippen molar-refractivity contribution in [2.24, 2.45) is 5.73 Å². The maximum Gasteiger partial charge on any atom is 0.241 e. The van der Waals surface area contributed by atoms with Crippen LogP contribution in [0.4, 0.5) is 0 Å². The molecule has 0 unspecified atom stereocenters. The van der Waals surface area contributed by atoms with E-state index in [-0.39, 0.29) is 5.91 Å². The summed E-state index contributed by atoms with van der Waals surface area (Å²) in [7, 11) is 0. The molecular formula is C19H35NO2. The van der Waals surface area contributed by atoms with Gasteiger partial charge >= 0.3 is 0 Å². The van der Waals surface area contributed by atoms with Gasteiger partial charge in [0.15, 0.2) is 0 Å². The number of amides is 1. The first-order chi connectivity index (χ1) is 10.6. The minimum atomic E-state index is -0.348. The monoisotopic (exact) mass is 309 g/mol. The van der Waals surface area contributed by atoms with E-state index in [0.29, 0.717) is 5.78 Å². The summed E-state index contributed by atoms with van der Waals surface area (Å²) in [5.41, 5.74) is 5.02. The molecule has 22 heavy (non-hydrogen) atoms. The van der Waals surface area contributed by atoms with Crippen LogP contribution >= 0.6 is 0 Å². The van der Waals surface area contributed by atoms with Crippen molar-refractivity contribution >= 4 is 11.7 Å². The Labute approximate surface area is 136 Å². The smallest absolute Gasteiger partial charge is 0.241 e. The van der Waals surface area contributed by atoms with Crippen molar-refractivity contribution in [2.45, 2.75) is 96.8 Å². The largest absolute Gasteiger partial charge is 0.366 e. The van der Waals surface area contributed by atoms with Gasteiger partial charge in [-0.1, -0.05) is 70.3 Å². The van der Waals surface area contributed by atoms with Crippen LogP contribution < -0.4 is 5.73 Å². The van der Waals surface area contributed by atoms with Gasteiger partial charge in [-0.05, 0) is 32.3 Å². The molecule has 2 N–H and O–H groups in total. The van der Waals surface area contributed by atoms with Crippen LogP contribution in [0.5, 0.6) is 0 Å². The number of primary amides is 1. The zero-order chi connectivity index (χ0) is 16.5. The van der Waals surface area contributed by atoms with E-state index in [9.17, 15) is 9.59 Å². The van der Waals surface area contributed by atoms with E-state index in [0.717, 1.165) is 25.7 Å². The topological polar surface area (TPSA) is 60.2 Å². The van der Waals surface area contributed by atoms with Gasteiger partial charge in [0, 0.05) is 6.42 Å². The molecule has 3 heteroatoms. The molecule has 0 spiro atoms. The normalized spacial score (nSPS) is 11.1. The van der Waals surface area contributed by atoms with Gasteiger partial charge in [0.2, 0.25) is 5.91 Å². The van der Waals surface area contributed by atoms with Crippen molar-refractivity contribution in [3.8, 4) is 0 Å². The average Bonchev–Trinajstić information content (AvgIpc) is 2.46. The van der Waals surface area contributed by atoms with Gasteiger partial charge in [-0.15, -0.1) is 0 Å². The Morgan fingerprint density at radius 1 is 0.727 bits per heavy atom. The van der Waals surface area contributed by atoms with Crippen LogP contribution in [0.15, 0.2) is 12.2 Å². The Hall–Kier alpha value is -1.12. The van der Waals surface area contributed by atoms with Gasteiger partial charge in [0.05, 0.1) is 0 Å². The number of ketones is 1. The van der Waals surface area contributed by atoms with Crippen molar-refractivity contribution in [2.75, 3.05) is 0 Å². The molecule has 0 aliphatic carbocycles. The third kappa shape index (κ3) is 18.9. The lowest BCUT2D eigenvalue weighted by atomic mass is 10.0. The Balaban J connectivity index is 3.05. The van der Waals surface area contributed by atoms with Gasteiger partial charge in [0.1, 0.15) is 5.78 Å². The second kappa shape index (κ2) is 16.3. The molecule has 3 nitrogen and oxygen atoms in total. The van der Waals surface area contributed by atoms with E-state index in [1.54, 1.807) is 6.92 Å². The van der Waals surface area contributed by atoms with Crippen LogP contribution in [-0.2, 0) is 9.59 Å². The molecule has 128 valence electrons. The second-order valence-corrected chi connectivity index (χ2v) is 6.29. The molecule has 0 aliphatic rings. The minimum Gasteiger partial charge on any atom is -0.366 e. The second-order valence-electron chi connectivity index (χ2n) is 6.29. The number of hydrogen-bond acceptors (Lipinski definition) is 2. The average molecular weight is 309 g/mol. The lowest BCUT2D eigenvalue weighted by Crippen LogP contribution is -2.05. The first kappa shape index (κ1) is 20.9. The predicted octanol–water partition coefficient (Wildman–Crippen LogP) is 5.08. The summed E-state index contributed by atoms with van der Waals surface area (Å²) < 4.78 is 0. The highest BCUT2D eigenvalue weighted by Gasteiger charge is 1.95. The predicted molar refractivity (Wildman–Crippen MR) is 93.7 cm³/mol. The Morgan fingerprint density at radius 3 is 1.55 bits per heavy atom. The Morgan fingerprint density at radius 2 is 1.14 bits per heavy atom. The third-order valence-electron chi connectivity index (χ3n) is 3.93. The van der Waals surface area contributed by atoms with Gasteiger partial charge in [-0.2, -0.15) is 0 Å². The standard InChI is InChI=1S/C19H35NO2/c1-18(21)16-14-12-10-8-6-4-2-3-5-7-9-11-13-15-17-19(20)22/h15,17H,2-14,16H2,1H3,(H2,20,22). The van der Waals surface area contributed by atoms with E-state index in [1.165, 1.54) is 70.3 Å². The fourth-order valence-corrected chi connectivity index (χ4v) is 2.60. The molecule has 0 atom stereocenters. The van der Waals surface area contributed by atoms with Gasteiger partial charge in [-0.3, -0.25) is 4.79 Å². The fraction of sp³-hybridized carbons (Fsp3) is 0.789. The molecule has 0 aromatic rings. The number of hydrogen-bond donors (Lipinski definition) is 1. The molecule has 1 amide bonds. The fourth-order valence-electron chi connectivity index (χ4n) is 2.60. The van der Waals surface area contributed by atoms with Crippen LogP contribution in [0.3, 0.4) is 0 Å². The van der Waals surface area contributed by atoms with Crippen molar-refractivity contribution in [1.82, 2.24) is 0 Å². The molecule has 0 rings (SSSR count). The van der Waals surface area contributed by atoms with E-state index < -0.39 is 0 Å². The van der Waals surface area contributed by atoms with E-state index in [2.05, 4.69) is 0 Å². The number of allylic oxidation sites excluding steroid dienone is 1. The summed E-state index contributed by atoms with van der Waals surface area (Å²) in [4.78, 5) is 21.3. The summed E-state index contributed by atoms with van der Waals surface area (Å²) in [5, 5.41) is 0. The number of carbonyl (C=O) groups is 2. The molecule has 0 saturated carbocycles. The third-order valence-corrected chi connectivity index (χ3v) is 3.93. The van der Waals surface area contributed by atoms with E-state index in [1.807, 2.05) is 6.08 Å². The maximum atomic E-state index is 10.8. The highest BCUT2D eigenvalue weighted by atomic mass is 16.1. The van der Waals surface area contributed by atoms with Gasteiger partial charge < -0.3 is 10.5 Å². The summed E-state index contributed by atoms with van der Waals surface area (Å²) in [5.74, 6) is -0.0252. The summed E-state index contributed by atoms with van der Waals surface area (Å²) in [6.45, 7) is 1.68. The molecule has 0 saturated heterocycles. The molecule has 0 heterocycles. The number of carbonyl (C=O) groups excluding carboxylic acids is 2. The number of Topliss-reactive ketones (excluding diaryl/α,β-unsaturated/α-hetero) is 1. The molecule has 0 radical (unpaired) electrons. The Kier molecular flexibility index (Phi) is 15.4. The van der Waals surface area contributed by atoms with Crippen LogP contribution in [-0.4, -0.2) is 11.7 Å². The molecule has 0 aromatic heterocycles. The summed E-state index contributed by atoms with van der Waals surface area (Å²) in [6.07, 6.45) is 20.4. The molecule has 0 bridgehead atoms. The zero-order valence-electron chi connectivity index (χ0n) is 14.4. The summed E-state index contributed by atoms with van der Waals surface area (Å²) >= 11 is 0. The first-order valence-corrected chi connectivity index (χ1v) is 9.08. The maximum absolute atomic E-state index is 10.8. The summed E-state index contributed by atoms with van der Waals surface area (Å²) in [6, 6.07) is 0. The lowest BCUT2D eigenvalue weighted by molar-refractivity contribution is -0.117. The highest BCUT2D eigenvalue weighted by Crippen LogP contribution is 2.13. The Bertz CT molecular complexity index is 311. The molecular weight excluding hydrogens is 274 g/mol. The van der Waals surface area contributed by atoms with Crippen molar-refractivity contribution in [3.05, 3.63) is 12.2 Å². The number of nitrogens with two attached hydrogens (primary N) is 1. The van der Waals surface area contributed by atoms with Crippen molar-refractivity contribution < 1.29 is 9.59 Å². The highest BCUT2D eigenvalue weighted by molar-refractivity contribution is 5.85. The van der Waals surface area contributed by atoms with Crippen molar-refractivity contribution in [1.29, 1.82) is 0 Å². The molecule has 0 aromatic carbocycles. The number of rotatable bonds is 16. The van der Waals surface area contributed by atoms with Crippen LogP contribution in [0.25, 0.3) is 0 Å². The minimum absolute atomic E-state index is 0.323. The first-order valence-electron chi connectivity index (χ1n) is 9.08. The van der Waals surface area contributed by atoms with Crippen molar-refractivity contribution in [3.63, 3.8) is 0 Å². The lowest BCUT2D eigenvalue weighted by Gasteiger charge is -2.02. The van der Waals surface area contributed by atoms with Gasteiger partial charge in [0.25, 0.3) is 0 Å². The van der Waals surface area contributed by atoms with Crippen LogP contribution in [0.2, 0.25) is 0 Å². The molecule has 0 aliphatic heterocycles. The molecule has 0 fully saturated rings. The van der Waals surface area contributed by atoms with E-state index in [4.69, 9.17) is 5.73 Å². The van der Waals surface area contributed by atoms with E-state index >= 15 is 0 Å². The zero-order valence-corrected chi connectivity index (χ0v) is 14.4.